The minimum Gasteiger partial charge on any atom is -0.495 e. The van der Waals surface area contributed by atoms with Crippen LogP contribution < -0.4 is 9.46 Å². The Morgan fingerprint density at radius 1 is 1.43 bits per heavy atom. The van der Waals surface area contributed by atoms with E-state index in [4.69, 9.17) is 9.84 Å². The van der Waals surface area contributed by atoms with Gasteiger partial charge in [-0.25, -0.2) is 13.1 Å². The summed E-state index contributed by atoms with van der Waals surface area (Å²) in [7, 11) is -2.89. The van der Waals surface area contributed by atoms with Crippen LogP contribution in [0.5, 0.6) is 5.75 Å². The normalized spacial score (nSPS) is 12.0. The van der Waals surface area contributed by atoms with Crippen molar-refractivity contribution in [2.45, 2.75) is 37.1 Å². The number of sulfonamides is 1. The number of nitrogens with zero attached hydrogens (tertiary/aromatic N) is 1. The molecule has 0 atom stereocenters. The zero-order chi connectivity index (χ0) is 17.8. The maximum absolute atomic E-state index is 12.5. The van der Waals surface area contributed by atoms with E-state index in [-0.39, 0.29) is 23.5 Å². The summed E-state index contributed by atoms with van der Waals surface area (Å²) in [6, 6.07) is 3.22. The molecule has 0 aliphatic rings. The van der Waals surface area contributed by atoms with Gasteiger partial charge in [0.2, 0.25) is 10.0 Å². The summed E-state index contributed by atoms with van der Waals surface area (Å²) in [5.74, 6) is -1.10. The summed E-state index contributed by atoms with van der Waals surface area (Å²) in [6.07, 6.45) is -0.166. The van der Waals surface area contributed by atoms with Gasteiger partial charge in [0.25, 0.3) is 5.69 Å². The second kappa shape index (κ2) is 6.92. The fourth-order valence-electron chi connectivity index (χ4n) is 1.88. The maximum Gasteiger partial charge on any atom is 0.303 e. The van der Waals surface area contributed by atoms with Crippen molar-refractivity contribution in [3.8, 4) is 5.75 Å². The average Bonchev–Trinajstić information content (AvgIpc) is 2.43. The molecular weight excluding hydrogens is 328 g/mol. The molecule has 0 aliphatic carbocycles. The first-order valence-electron chi connectivity index (χ1n) is 6.57. The van der Waals surface area contributed by atoms with Crippen LogP contribution in [0.15, 0.2) is 23.1 Å². The lowest BCUT2D eigenvalue weighted by Gasteiger charge is -2.25. The standard InChI is InChI=1S/C13H18N2O7S/c1-13(2,7-6-12(16)17)14-23(20,21)11-8-9(15(18)19)4-5-10(11)22-3/h4-5,8,14H,6-7H2,1-3H3,(H,16,17). The number of nitro benzene ring substituents is 1. The van der Waals surface area contributed by atoms with E-state index in [2.05, 4.69) is 4.72 Å². The number of benzene rings is 1. The van der Waals surface area contributed by atoms with Crippen LogP contribution in [0, 0.1) is 10.1 Å². The first-order chi connectivity index (χ1) is 10.5. The molecule has 0 aliphatic heterocycles. The van der Waals surface area contributed by atoms with Gasteiger partial charge < -0.3 is 9.84 Å². The molecule has 1 rings (SSSR count). The number of hydrogen-bond donors (Lipinski definition) is 2. The van der Waals surface area contributed by atoms with Crippen molar-refractivity contribution in [3.05, 3.63) is 28.3 Å². The molecule has 0 saturated carbocycles. The highest BCUT2D eigenvalue weighted by Gasteiger charge is 2.30. The van der Waals surface area contributed by atoms with Crippen LogP contribution in [0.1, 0.15) is 26.7 Å². The first-order valence-corrected chi connectivity index (χ1v) is 8.05. The molecule has 0 saturated heterocycles. The summed E-state index contributed by atoms with van der Waals surface area (Å²) < 4.78 is 32.3. The fourth-order valence-corrected chi connectivity index (χ4v) is 3.51. The third-order valence-electron chi connectivity index (χ3n) is 3.02. The Morgan fingerprint density at radius 2 is 2.04 bits per heavy atom. The molecule has 0 spiro atoms. The SMILES string of the molecule is COc1ccc([N+](=O)[O-])cc1S(=O)(=O)NC(C)(C)CCC(=O)O. The van der Waals surface area contributed by atoms with Crippen molar-refractivity contribution in [2.75, 3.05) is 7.11 Å². The molecule has 0 amide bonds. The molecular formula is C13H18N2O7S. The van der Waals surface area contributed by atoms with Crippen LogP contribution in [0.3, 0.4) is 0 Å². The largest absolute Gasteiger partial charge is 0.495 e. The average molecular weight is 346 g/mol. The number of methoxy groups -OCH3 is 1. The van der Waals surface area contributed by atoms with Crippen molar-refractivity contribution >= 4 is 21.7 Å². The van der Waals surface area contributed by atoms with Crippen LogP contribution in [0.4, 0.5) is 5.69 Å². The zero-order valence-electron chi connectivity index (χ0n) is 12.9. The maximum atomic E-state index is 12.5. The summed E-state index contributed by atoms with van der Waals surface area (Å²) in [4.78, 5) is 20.4. The van der Waals surface area contributed by atoms with Gasteiger partial charge in [-0.15, -0.1) is 0 Å². The molecule has 9 nitrogen and oxygen atoms in total. The second-order valence-electron chi connectivity index (χ2n) is 5.48. The van der Waals surface area contributed by atoms with Crippen LogP contribution in [-0.4, -0.2) is 37.1 Å². The number of hydrogen-bond acceptors (Lipinski definition) is 6. The van der Waals surface area contributed by atoms with Gasteiger partial charge in [0.15, 0.2) is 0 Å². The van der Waals surface area contributed by atoms with Gasteiger partial charge in [-0.3, -0.25) is 14.9 Å². The number of aliphatic carboxylic acids is 1. The Morgan fingerprint density at radius 3 is 2.52 bits per heavy atom. The molecule has 128 valence electrons. The van der Waals surface area contributed by atoms with Gasteiger partial charge in [-0.05, 0) is 26.3 Å². The van der Waals surface area contributed by atoms with Crippen molar-refractivity contribution in [1.29, 1.82) is 0 Å². The topological polar surface area (TPSA) is 136 Å². The van der Waals surface area contributed by atoms with E-state index < -0.39 is 32.1 Å². The molecule has 0 radical (unpaired) electrons. The third kappa shape index (κ3) is 5.18. The fraction of sp³-hybridized carbons (Fsp3) is 0.462. The van der Waals surface area contributed by atoms with Gasteiger partial charge in [0, 0.05) is 24.1 Å². The lowest BCUT2D eigenvalue weighted by molar-refractivity contribution is -0.385. The number of nitrogens with one attached hydrogen (secondary N) is 1. The van der Waals surface area contributed by atoms with E-state index >= 15 is 0 Å². The van der Waals surface area contributed by atoms with E-state index in [1.54, 1.807) is 0 Å². The van der Waals surface area contributed by atoms with Crippen LogP contribution >= 0.6 is 0 Å². The van der Waals surface area contributed by atoms with Gasteiger partial charge >= 0.3 is 5.97 Å². The molecule has 0 bridgehead atoms. The van der Waals surface area contributed by atoms with Crippen LogP contribution in [-0.2, 0) is 14.8 Å². The summed E-state index contributed by atoms with van der Waals surface area (Å²) >= 11 is 0. The number of carboxylic acid groups (broad SMARTS) is 1. The van der Waals surface area contributed by atoms with Crippen molar-refractivity contribution in [3.63, 3.8) is 0 Å². The Balaban J connectivity index is 3.19. The Bertz CT molecular complexity index is 713. The van der Waals surface area contributed by atoms with Crippen molar-refractivity contribution in [1.82, 2.24) is 4.72 Å². The van der Waals surface area contributed by atoms with Crippen molar-refractivity contribution < 1.29 is 28.0 Å². The number of nitro groups is 1. The number of carboxylic acids is 1. The third-order valence-corrected chi connectivity index (χ3v) is 4.74. The minimum atomic E-state index is -4.14. The van der Waals surface area contributed by atoms with Crippen LogP contribution in [0.2, 0.25) is 0 Å². The van der Waals surface area contributed by atoms with E-state index in [0.29, 0.717) is 0 Å². The number of ether oxygens (including phenoxy) is 1. The monoisotopic (exact) mass is 346 g/mol. The minimum absolute atomic E-state index is 0.0443. The second-order valence-corrected chi connectivity index (χ2v) is 7.13. The smallest absolute Gasteiger partial charge is 0.303 e. The van der Waals surface area contributed by atoms with E-state index in [9.17, 15) is 23.3 Å². The van der Waals surface area contributed by atoms with Crippen LogP contribution in [0.25, 0.3) is 0 Å². The quantitative estimate of drug-likeness (QED) is 0.538. The molecule has 23 heavy (non-hydrogen) atoms. The Hall–Kier alpha value is -2.20. The number of non-ortho nitro benzene ring substituents is 1. The van der Waals surface area contributed by atoms with Gasteiger partial charge in [-0.1, -0.05) is 0 Å². The molecule has 0 heterocycles. The zero-order valence-corrected chi connectivity index (χ0v) is 13.7. The van der Waals surface area contributed by atoms with Gasteiger partial charge in [0.1, 0.15) is 10.6 Å². The van der Waals surface area contributed by atoms with E-state index in [0.717, 1.165) is 12.1 Å². The highest BCUT2D eigenvalue weighted by atomic mass is 32.2. The summed E-state index contributed by atoms with van der Waals surface area (Å²) in [5, 5.41) is 19.5. The summed E-state index contributed by atoms with van der Waals surface area (Å²) in [5.41, 5.74) is -1.44. The molecule has 10 heteroatoms. The van der Waals surface area contributed by atoms with E-state index in [1.807, 2.05) is 0 Å². The Kier molecular flexibility index (Phi) is 5.67. The Labute approximate surface area is 133 Å². The lowest BCUT2D eigenvalue weighted by Crippen LogP contribution is -2.43. The summed E-state index contributed by atoms with van der Waals surface area (Å²) in [6.45, 7) is 3.05. The molecule has 0 unspecified atom stereocenters. The lowest BCUT2D eigenvalue weighted by atomic mass is 10.0. The molecule has 1 aromatic rings. The highest BCUT2D eigenvalue weighted by molar-refractivity contribution is 7.89. The van der Waals surface area contributed by atoms with E-state index in [1.165, 1.54) is 27.0 Å². The van der Waals surface area contributed by atoms with Crippen molar-refractivity contribution in [2.24, 2.45) is 0 Å². The number of carbonyl (C=O) groups is 1. The van der Waals surface area contributed by atoms with Gasteiger partial charge in [-0.2, -0.15) is 0 Å². The molecule has 0 aromatic heterocycles. The molecule has 0 fully saturated rings. The predicted molar refractivity (Wildman–Crippen MR) is 80.9 cm³/mol. The highest BCUT2D eigenvalue weighted by Crippen LogP contribution is 2.29. The molecule has 2 N–H and O–H groups in total. The first kappa shape index (κ1) is 18.8. The van der Waals surface area contributed by atoms with Gasteiger partial charge in [0.05, 0.1) is 12.0 Å². The number of rotatable bonds is 8. The predicted octanol–water partition coefficient (Wildman–Crippen LogP) is 1.53. The molecule has 1 aromatic carbocycles.